The van der Waals surface area contributed by atoms with Crippen molar-refractivity contribution in [1.29, 1.82) is 0 Å². The zero-order chi connectivity index (χ0) is 16.1. The highest BCUT2D eigenvalue weighted by atomic mass is 35.5. The molecule has 1 aromatic heterocycles. The lowest BCUT2D eigenvalue weighted by atomic mass is 10.0. The van der Waals surface area contributed by atoms with Crippen LogP contribution in [0, 0.1) is 6.92 Å². The van der Waals surface area contributed by atoms with E-state index in [-0.39, 0.29) is 0 Å². The molecule has 1 aliphatic rings. The van der Waals surface area contributed by atoms with Crippen LogP contribution in [-0.4, -0.2) is 37.7 Å². The monoisotopic (exact) mass is 334 g/mol. The number of morpholine rings is 1. The van der Waals surface area contributed by atoms with E-state index in [0.29, 0.717) is 6.04 Å². The largest absolute Gasteiger partial charge is 0.465 e. The summed E-state index contributed by atoms with van der Waals surface area (Å²) in [7, 11) is 0. The molecule has 1 unspecified atom stereocenters. The van der Waals surface area contributed by atoms with Crippen molar-refractivity contribution in [3.63, 3.8) is 0 Å². The van der Waals surface area contributed by atoms with Crippen molar-refractivity contribution in [1.82, 2.24) is 10.2 Å². The van der Waals surface area contributed by atoms with Crippen molar-refractivity contribution in [3.05, 3.63) is 58.5 Å². The Kier molecular flexibility index (Phi) is 5.73. The van der Waals surface area contributed by atoms with E-state index in [9.17, 15) is 0 Å². The lowest BCUT2D eigenvalue weighted by Crippen LogP contribution is -2.42. The van der Waals surface area contributed by atoms with E-state index < -0.39 is 0 Å². The third kappa shape index (κ3) is 4.58. The number of nitrogens with zero attached hydrogens (tertiary/aromatic N) is 1. The number of furan rings is 1. The molecule has 1 N–H and O–H groups in total. The van der Waals surface area contributed by atoms with E-state index >= 15 is 0 Å². The predicted octanol–water partition coefficient (Wildman–Crippen LogP) is 3.40. The van der Waals surface area contributed by atoms with Gasteiger partial charge in [0.1, 0.15) is 11.5 Å². The zero-order valence-corrected chi connectivity index (χ0v) is 14.2. The molecule has 1 aliphatic heterocycles. The molecule has 0 spiro atoms. The Balaban J connectivity index is 1.65. The lowest BCUT2D eigenvalue weighted by Gasteiger charge is -2.35. The molecule has 1 atom stereocenters. The van der Waals surface area contributed by atoms with Gasteiger partial charge in [-0.25, -0.2) is 0 Å². The van der Waals surface area contributed by atoms with Crippen LogP contribution in [0.1, 0.15) is 23.1 Å². The molecule has 5 heteroatoms. The van der Waals surface area contributed by atoms with Gasteiger partial charge in [0.2, 0.25) is 0 Å². The van der Waals surface area contributed by atoms with E-state index in [1.54, 1.807) is 0 Å². The van der Waals surface area contributed by atoms with Gasteiger partial charge in [-0.2, -0.15) is 0 Å². The van der Waals surface area contributed by atoms with E-state index in [2.05, 4.69) is 22.3 Å². The van der Waals surface area contributed by atoms with Gasteiger partial charge in [0.15, 0.2) is 0 Å². The number of halogens is 1. The van der Waals surface area contributed by atoms with E-state index in [4.69, 9.17) is 20.8 Å². The number of ether oxygens (including phenoxy) is 1. The number of hydrogen-bond donors (Lipinski definition) is 1. The SMILES string of the molecule is Cc1ccc(CNCC(c2ccc(Cl)cc2)N2CCOCC2)o1. The number of nitrogens with one attached hydrogen (secondary N) is 1. The molecule has 1 saturated heterocycles. The molecular formula is C18H23ClN2O2. The smallest absolute Gasteiger partial charge is 0.117 e. The summed E-state index contributed by atoms with van der Waals surface area (Å²) in [5.41, 5.74) is 1.28. The molecule has 0 bridgehead atoms. The summed E-state index contributed by atoms with van der Waals surface area (Å²) < 4.78 is 11.1. The average Bonchev–Trinajstić information content (AvgIpc) is 2.99. The Morgan fingerprint density at radius 3 is 2.52 bits per heavy atom. The van der Waals surface area contributed by atoms with Crippen LogP contribution in [0.3, 0.4) is 0 Å². The fraction of sp³-hybridized carbons (Fsp3) is 0.444. The molecule has 3 rings (SSSR count). The Hall–Kier alpha value is -1.33. The van der Waals surface area contributed by atoms with Crippen LogP contribution in [0.4, 0.5) is 0 Å². The third-order valence-corrected chi connectivity index (χ3v) is 4.43. The van der Waals surface area contributed by atoms with Crippen LogP contribution in [0.2, 0.25) is 5.02 Å². The molecule has 0 saturated carbocycles. The summed E-state index contributed by atoms with van der Waals surface area (Å²) in [6.45, 7) is 7.06. The van der Waals surface area contributed by atoms with Crippen LogP contribution in [0.5, 0.6) is 0 Å². The first-order valence-electron chi connectivity index (χ1n) is 8.05. The van der Waals surface area contributed by atoms with Crippen LogP contribution >= 0.6 is 11.6 Å². The standard InChI is InChI=1S/C18H23ClN2O2/c1-14-2-7-17(23-14)12-20-13-18(21-8-10-22-11-9-21)15-3-5-16(19)6-4-15/h2-7,18,20H,8-13H2,1H3. The highest BCUT2D eigenvalue weighted by Gasteiger charge is 2.22. The summed E-state index contributed by atoms with van der Waals surface area (Å²) in [6.07, 6.45) is 0. The quantitative estimate of drug-likeness (QED) is 0.878. The number of hydrogen-bond acceptors (Lipinski definition) is 4. The van der Waals surface area contributed by atoms with Gasteiger partial charge < -0.3 is 14.5 Å². The van der Waals surface area contributed by atoms with Crippen molar-refractivity contribution < 1.29 is 9.15 Å². The highest BCUT2D eigenvalue weighted by molar-refractivity contribution is 6.30. The molecular weight excluding hydrogens is 312 g/mol. The third-order valence-electron chi connectivity index (χ3n) is 4.17. The topological polar surface area (TPSA) is 37.6 Å². The summed E-state index contributed by atoms with van der Waals surface area (Å²) in [5, 5.41) is 4.29. The molecule has 23 heavy (non-hydrogen) atoms. The molecule has 1 aromatic carbocycles. The normalized spacial score (nSPS) is 17.3. The van der Waals surface area contributed by atoms with Crippen LogP contribution in [0.15, 0.2) is 40.8 Å². The highest BCUT2D eigenvalue weighted by Crippen LogP contribution is 2.23. The van der Waals surface area contributed by atoms with Gasteiger partial charge in [-0.1, -0.05) is 23.7 Å². The molecule has 0 radical (unpaired) electrons. The van der Waals surface area contributed by atoms with Gasteiger partial charge in [-0.3, -0.25) is 4.90 Å². The number of benzene rings is 1. The van der Waals surface area contributed by atoms with Crippen molar-refractivity contribution in [2.45, 2.75) is 19.5 Å². The fourth-order valence-corrected chi connectivity index (χ4v) is 3.07. The fourth-order valence-electron chi connectivity index (χ4n) is 2.94. The first-order chi connectivity index (χ1) is 11.2. The van der Waals surface area contributed by atoms with E-state index in [1.165, 1.54) is 5.56 Å². The molecule has 1 fully saturated rings. The van der Waals surface area contributed by atoms with Gasteiger partial charge in [-0.15, -0.1) is 0 Å². The summed E-state index contributed by atoms with van der Waals surface area (Å²) >= 11 is 6.03. The lowest BCUT2D eigenvalue weighted by molar-refractivity contribution is 0.0160. The van der Waals surface area contributed by atoms with Crippen LogP contribution in [-0.2, 0) is 11.3 Å². The number of rotatable bonds is 6. The maximum atomic E-state index is 6.03. The molecule has 0 amide bonds. The molecule has 0 aliphatic carbocycles. The second-order valence-corrected chi connectivity index (χ2v) is 6.30. The minimum atomic E-state index is 0.312. The second-order valence-electron chi connectivity index (χ2n) is 5.86. The van der Waals surface area contributed by atoms with Crippen molar-refractivity contribution in [2.24, 2.45) is 0 Å². The minimum absolute atomic E-state index is 0.312. The first-order valence-corrected chi connectivity index (χ1v) is 8.43. The Morgan fingerprint density at radius 2 is 1.87 bits per heavy atom. The summed E-state index contributed by atoms with van der Waals surface area (Å²) in [4.78, 5) is 2.47. The summed E-state index contributed by atoms with van der Waals surface area (Å²) in [6, 6.07) is 12.5. The van der Waals surface area contributed by atoms with Gasteiger partial charge in [-0.05, 0) is 36.8 Å². The first kappa shape index (κ1) is 16.5. The second kappa shape index (κ2) is 7.97. The van der Waals surface area contributed by atoms with Crippen molar-refractivity contribution in [2.75, 3.05) is 32.8 Å². The van der Waals surface area contributed by atoms with Crippen LogP contribution in [0.25, 0.3) is 0 Å². The van der Waals surface area contributed by atoms with Gasteiger partial charge >= 0.3 is 0 Å². The molecule has 2 aromatic rings. The van der Waals surface area contributed by atoms with Crippen LogP contribution < -0.4 is 5.32 Å². The van der Waals surface area contributed by atoms with Crippen molar-refractivity contribution >= 4 is 11.6 Å². The van der Waals surface area contributed by atoms with Gasteiger partial charge in [0, 0.05) is 30.7 Å². The Morgan fingerprint density at radius 1 is 1.13 bits per heavy atom. The average molecular weight is 335 g/mol. The van der Waals surface area contributed by atoms with E-state index in [0.717, 1.165) is 55.9 Å². The van der Waals surface area contributed by atoms with Gasteiger partial charge in [0.25, 0.3) is 0 Å². The molecule has 2 heterocycles. The van der Waals surface area contributed by atoms with Gasteiger partial charge in [0.05, 0.1) is 19.8 Å². The summed E-state index contributed by atoms with van der Waals surface area (Å²) in [5.74, 6) is 1.92. The van der Waals surface area contributed by atoms with E-state index in [1.807, 2.05) is 31.2 Å². The Labute approximate surface area is 142 Å². The zero-order valence-electron chi connectivity index (χ0n) is 13.4. The molecule has 4 nitrogen and oxygen atoms in total. The van der Waals surface area contributed by atoms with Crippen molar-refractivity contribution in [3.8, 4) is 0 Å². The molecule has 124 valence electrons. The minimum Gasteiger partial charge on any atom is -0.465 e. The number of aryl methyl sites for hydroxylation is 1. The Bertz CT molecular complexity index is 606. The maximum Gasteiger partial charge on any atom is 0.117 e. The predicted molar refractivity (Wildman–Crippen MR) is 91.7 cm³/mol. The maximum absolute atomic E-state index is 6.03.